The van der Waals surface area contributed by atoms with E-state index in [1.54, 1.807) is 11.5 Å². The van der Waals surface area contributed by atoms with E-state index in [9.17, 15) is 14.4 Å². The SMILES string of the molecule is CC[C@@]1(O[Si](C)(C)C(C)(C)C)C(=O)OCc2c1cc1n(c2=O)Cc2c-1nc1cc(F)c(C)c3c1c2[C@@H](NC(=O)CO[Si](c1ccccc1)(c1ccccc1)C(C)(C)C)CC3. The van der Waals surface area contributed by atoms with Crippen LogP contribution in [-0.2, 0) is 48.4 Å². The number of aryl methyl sites for hydroxylation is 1. The lowest BCUT2D eigenvalue weighted by Gasteiger charge is -2.46. The van der Waals surface area contributed by atoms with Gasteiger partial charge in [-0.2, -0.15) is 0 Å². The Balaban J connectivity index is 1.23. The van der Waals surface area contributed by atoms with Gasteiger partial charge in [-0.1, -0.05) is 109 Å². The smallest absolute Gasteiger partial charge is 0.342 e. The van der Waals surface area contributed by atoms with Crippen LogP contribution in [0.3, 0.4) is 0 Å². The molecule has 2 aromatic heterocycles. The number of esters is 1. The predicted octanol–water partition coefficient (Wildman–Crippen LogP) is 8.24. The molecule has 2 atom stereocenters. The van der Waals surface area contributed by atoms with Gasteiger partial charge in [0.1, 0.15) is 19.0 Å². The molecule has 60 heavy (non-hydrogen) atoms. The zero-order valence-corrected chi connectivity index (χ0v) is 38.5. The van der Waals surface area contributed by atoms with Crippen molar-refractivity contribution in [3.05, 3.63) is 122 Å². The molecule has 8 rings (SSSR count). The summed E-state index contributed by atoms with van der Waals surface area (Å²) in [4.78, 5) is 48.0. The first-order valence-electron chi connectivity index (χ1n) is 21.1. The molecule has 4 heterocycles. The molecule has 0 bridgehead atoms. The minimum absolute atomic E-state index is 0.160. The number of hydrogen-bond acceptors (Lipinski definition) is 7. The van der Waals surface area contributed by atoms with Crippen molar-refractivity contribution in [1.29, 1.82) is 0 Å². The fourth-order valence-corrected chi connectivity index (χ4v) is 15.6. The summed E-state index contributed by atoms with van der Waals surface area (Å²) in [7, 11) is -5.60. The van der Waals surface area contributed by atoms with Crippen molar-refractivity contribution in [1.82, 2.24) is 14.9 Å². The van der Waals surface area contributed by atoms with E-state index in [4.69, 9.17) is 18.6 Å². The van der Waals surface area contributed by atoms with Gasteiger partial charge in [0.05, 0.1) is 35.1 Å². The normalized spacial score (nSPS) is 18.8. The largest absolute Gasteiger partial charge is 0.458 e. The van der Waals surface area contributed by atoms with Crippen LogP contribution >= 0.6 is 0 Å². The molecule has 3 aliphatic rings. The maximum Gasteiger partial charge on any atom is 0.342 e. The summed E-state index contributed by atoms with van der Waals surface area (Å²) in [5.41, 5.74) is 3.72. The number of nitrogens with one attached hydrogen (secondary N) is 1. The predicted molar refractivity (Wildman–Crippen MR) is 238 cm³/mol. The van der Waals surface area contributed by atoms with Crippen LogP contribution in [0.1, 0.15) is 101 Å². The molecule has 0 radical (unpaired) electrons. The summed E-state index contributed by atoms with van der Waals surface area (Å²) < 4.78 is 37.1. The first-order chi connectivity index (χ1) is 28.3. The molecule has 0 saturated carbocycles. The zero-order valence-electron chi connectivity index (χ0n) is 36.5. The zero-order chi connectivity index (χ0) is 43.2. The Morgan fingerprint density at radius 2 is 1.58 bits per heavy atom. The maximum atomic E-state index is 15.7. The van der Waals surface area contributed by atoms with E-state index in [2.05, 4.69) is 84.2 Å². The van der Waals surface area contributed by atoms with E-state index in [0.29, 0.717) is 46.4 Å². The topological polar surface area (TPSA) is 109 Å². The molecule has 1 aliphatic carbocycles. The summed E-state index contributed by atoms with van der Waals surface area (Å²) in [6.45, 7) is 20.6. The molecule has 1 amide bonds. The summed E-state index contributed by atoms with van der Waals surface area (Å²) in [5, 5.41) is 5.77. The van der Waals surface area contributed by atoms with E-state index in [1.807, 2.05) is 49.4 Å². The van der Waals surface area contributed by atoms with Crippen LogP contribution in [0.15, 0.2) is 77.6 Å². The molecule has 0 fully saturated rings. The number of nitrogens with zero attached hydrogens (tertiary/aromatic N) is 2. The standard InChI is InChI=1S/C48H56FN3O6Si2/c1-11-48(58-59(9,10)46(3,4)5)35-24-39-43-33(26-52(39)44(54)34(35)27-56-45(48)55)42-37(23-22-32-29(2)36(49)25-38(51-43)41(32)42)50-40(53)28-57-60(47(6,7)8,30-18-14-12-15-19-30)31-20-16-13-17-21-31/h12-21,24-25,37H,11,22-23,26-28H2,1-10H3,(H,50,53)/t37-,48-/m0/s1. The molecule has 2 aliphatic heterocycles. The highest BCUT2D eigenvalue weighted by Gasteiger charge is 2.54. The van der Waals surface area contributed by atoms with E-state index in [0.717, 1.165) is 32.5 Å². The van der Waals surface area contributed by atoms with Crippen molar-refractivity contribution in [2.45, 2.75) is 123 Å². The van der Waals surface area contributed by atoms with Gasteiger partial charge in [-0.15, -0.1) is 0 Å². The van der Waals surface area contributed by atoms with E-state index in [-0.39, 0.29) is 53.5 Å². The number of ether oxygens (including phenoxy) is 1. The van der Waals surface area contributed by atoms with Crippen LogP contribution in [0.25, 0.3) is 22.3 Å². The molecule has 0 saturated heterocycles. The van der Waals surface area contributed by atoms with E-state index >= 15 is 4.39 Å². The monoisotopic (exact) mass is 845 g/mol. The van der Waals surface area contributed by atoms with Gasteiger partial charge in [-0.25, -0.2) is 14.2 Å². The van der Waals surface area contributed by atoms with Crippen LogP contribution in [0.4, 0.5) is 4.39 Å². The average Bonchev–Trinajstić information content (AvgIpc) is 3.57. The summed E-state index contributed by atoms with van der Waals surface area (Å²) in [5.74, 6) is -1.12. The summed E-state index contributed by atoms with van der Waals surface area (Å²) in [6, 6.07) is 23.3. The molecule has 12 heteroatoms. The minimum Gasteiger partial charge on any atom is -0.458 e. The third-order valence-corrected chi connectivity index (χ3v) is 23.2. The quantitative estimate of drug-likeness (QED) is 0.115. The van der Waals surface area contributed by atoms with Crippen LogP contribution in [0.5, 0.6) is 0 Å². The summed E-state index contributed by atoms with van der Waals surface area (Å²) in [6.07, 6.45) is 1.34. The number of amides is 1. The third kappa shape index (κ3) is 6.44. The molecule has 314 valence electrons. The van der Waals surface area contributed by atoms with Crippen molar-refractivity contribution in [2.24, 2.45) is 0 Å². The average molecular weight is 846 g/mol. The second-order valence-electron chi connectivity index (χ2n) is 19.3. The number of hydrogen-bond donors (Lipinski definition) is 1. The highest BCUT2D eigenvalue weighted by atomic mass is 28.4. The highest BCUT2D eigenvalue weighted by molar-refractivity contribution is 6.99. The lowest BCUT2D eigenvalue weighted by Crippen LogP contribution is -2.67. The number of carbonyl (C=O) groups excluding carboxylic acids is 2. The molecule has 3 aromatic carbocycles. The molecule has 0 unspecified atom stereocenters. The first kappa shape index (κ1) is 42.0. The number of fused-ring (bicyclic) bond motifs is 5. The number of pyridine rings is 2. The number of cyclic esters (lactones) is 1. The van der Waals surface area contributed by atoms with Gasteiger partial charge in [-0.3, -0.25) is 9.59 Å². The van der Waals surface area contributed by atoms with Crippen molar-refractivity contribution in [2.75, 3.05) is 6.61 Å². The van der Waals surface area contributed by atoms with Gasteiger partial charge in [0.25, 0.3) is 13.9 Å². The highest BCUT2D eigenvalue weighted by Crippen LogP contribution is 2.49. The number of benzene rings is 3. The van der Waals surface area contributed by atoms with Crippen LogP contribution < -0.4 is 21.2 Å². The van der Waals surface area contributed by atoms with Crippen molar-refractivity contribution in [3.63, 3.8) is 0 Å². The maximum absolute atomic E-state index is 15.7. The Morgan fingerprint density at radius 3 is 2.17 bits per heavy atom. The van der Waals surface area contributed by atoms with Crippen LogP contribution in [0, 0.1) is 12.7 Å². The molecular weight excluding hydrogens is 790 g/mol. The fourth-order valence-electron chi connectivity index (χ4n) is 9.62. The second-order valence-corrected chi connectivity index (χ2v) is 28.3. The number of halogens is 1. The number of aromatic nitrogens is 2. The van der Waals surface area contributed by atoms with Crippen LogP contribution in [-0.4, -0.2) is 44.7 Å². The Labute approximate surface area is 353 Å². The number of rotatable bonds is 9. The van der Waals surface area contributed by atoms with Gasteiger partial charge >= 0.3 is 5.97 Å². The Kier molecular flexibility index (Phi) is 10.3. The Hall–Kier alpha value is -4.76. The minimum atomic E-state index is -3.02. The molecule has 9 nitrogen and oxygen atoms in total. The molecule has 1 N–H and O–H groups in total. The van der Waals surface area contributed by atoms with Crippen molar-refractivity contribution in [3.8, 4) is 11.4 Å². The fraction of sp³-hybridized carbons (Fsp3) is 0.417. The van der Waals surface area contributed by atoms with Crippen molar-refractivity contribution < 1.29 is 27.6 Å². The van der Waals surface area contributed by atoms with Gasteiger partial charge < -0.3 is 23.5 Å². The molecule has 5 aromatic rings. The van der Waals surface area contributed by atoms with Gasteiger partial charge in [0, 0.05) is 22.6 Å². The lowest BCUT2D eigenvalue weighted by molar-refractivity contribution is -0.170. The Morgan fingerprint density at radius 1 is 0.950 bits per heavy atom. The van der Waals surface area contributed by atoms with Gasteiger partial charge in [-0.05, 0) is 82.5 Å². The molecule has 0 spiro atoms. The number of carbonyl (C=O) groups is 2. The van der Waals surface area contributed by atoms with E-state index < -0.39 is 34.2 Å². The van der Waals surface area contributed by atoms with Gasteiger partial charge in [0.2, 0.25) is 5.91 Å². The second kappa shape index (κ2) is 14.7. The summed E-state index contributed by atoms with van der Waals surface area (Å²) >= 11 is 0. The van der Waals surface area contributed by atoms with E-state index in [1.165, 1.54) is 6.07 Å². The van der Waals surface area contributed by atoms with Crippen LogP contribution in [0.2, 0.25) is 23.2 Å². The third-order valence-electron chi connectivity index (χ3n) is 13.8. The first-order valence-corrected chi connectivity index (χ1v) is 25.9. The molecular formula is C48H56FN3O6Si2. The Bertz CT molecular complexity index is 2580. The lowest BCUT2D eigenvalue weighted by atomic mass is 9.81. The van der Waals surface area contributed by atoms with Gasteiger partial charge in [0.15, 0.2) is 13.9 Å². The van der Waals surface area contributed by atoms with Crippen molar-refractivity contribution >= 4 is 49.8 Å².